The molecule has 0 aliphatic carbocycles. The van der Waals surface area contributed by atoms with Crippen molar-refractivity contribution in [3.8, 4) is 11.4 Å². The number of morpholine rings is 1. The number of hydrogen-bond donors (Lipinski definition) is 3. The molecule has 1 unspecified atom stereocenters. The average Bonchev–Trinajstić information content (AvgIpc) is 3.30. The molecule has 1 atom stereocenters. The molecule has 9 nitrogen and oxygen atoms in total. The van der Waals surface area contributed by atoms with Gasteiger partial charge in [0.25, 0.3) is 0 Å². The summed E-state index contributed by atoms with van der Waals surface area (Å²) in [5, 5.41) is 8.60. The van der Waals surface area contributed by atoms with E-state index in [0.29, 0.717) is 37.2 Å². The van der Waals surface area contributed by atoms with E-state index >= 15 is 0 Å². The van der Waals surface area contributed by atoms with Gasteiger partial charge < -0.3 is 25.6 Å². The summed E-state index contributed by atoms with van der Waals surface area (Å²) < 4.78 is 20.6. The van der Waals surface area contributed by atoms with Crippen LogP contribution in [0.25, 0.3) is 11.4 Å². The number of benzene rings is 1. The summed E-state index contributed by atoms with van der Waals surface area (Å²) in [7, 11) is 0. The van der Waals surface area contributed by atoms with E-state index in [1.807, 2.05) is 6.92 Å². The highest BCUT2D eigenvalue weighted by Gasteiger charge is 2.34. The largest absolute Gasteiger partial charge is 0.377 e. The maximum Gasteiger partial charge on any atom is 0.319 e. The topological polar surface area (TPSA) is 94.7 Å². The Morgan fingerprint density at radius 1 is 1.26 bits per heavy atom. The molecule has 3 aliphatic heterocycles. The predicted molar refractivity (Wildman–Crippen MR) is 133 cm³/mol. The number of halogens is 1. The summed E-state index contributed by atoms with van der Waals surface area (Å²) >= 11 is 0. The number of urea groups is 1. The fraction of sp³-hybridized carbons (Fsp3) is 0.560. The van der Waals surface area contributed by atoms with E-state index < -0.39 is 11.8 Å². The Labute approximate surface area is 205 Å². The van der Waals surface area contributed by atoms with E-state index in [0.717, 1.165) is 57.1 Å². The molecule has 3 N–H and O–H groups in total. The molecule has 2 amide bonds. The van der Waals surface area contributed by atoms with Crippen LogP contribution in [0.5, 0.6) is 0 Å². The fourth-order valence-electron chi connectivity index (χ4n) is 5.18. The lowest BCUT2D eigenvalue weighted by Crippen LogP contribution is -2.45. The molecule has 0 radical (unpaired) electrons. The van der Waals surface area contributed by atoms with Crippen LogP contribution in [-0.2, 0) is 17.8 Å². The van der Waals surface area contributed by atoms with Gasteiger partial charge >= 0.3 is 6.03 Å². The molecule has 1 aromatic heterocycles. The van der Waals surface area contributed by atoms with Crippen molar-refractivity contribution in [3.63, 3.8) is 0 Å². The molecule has 188 valence electrons. The zero-order chi connectivity index (χ0) is 24.4. The van der Waals surface area contributed by atoms with E-state index in [4.69, 9.17) is 14.7 Å². The number of ether oxygens (including phenoxy) is 1. The number of anilines is 2. The SMILES string of the molecule is CCNC(=O)Nc1ccc(-c2nc3c(c(N4CCOCC4C)n2)CN(C2CCNCC2)C3)cc1F. The highest BCUT2D eigenvalue weighted by Crippen LogP contribution is 2.35. The van der Waals surface area contributed by atoms with Crippen molar-refractivity contribution in [2.24, 2.45) is 0 Å². The molecule has 2 saturated heterocycles. The number of carbonyl (C=O) groups is 1. The first kappa shape index (κ1) is 23.9. The fourth-order valence-corrected chi connectivity index (χ4v) is 5.18. The van der Waals surface area contributed by atoms with Crippen molar-refractivity contribution in [2.45, 2.75) is 51.9 Å². The van der Waals surface area contributed by atoms with Gasteiger partial charge in [0.1, 0.15) is 11.6 Å². The Bertz CT molecular complexity index is 1080. The molecule has 35 heavy (non-hydrogen) atoms. The molecule has 2 aromatic rings. The van der Waals surface area contributed by atoms with Gasteiger partial charge in [-0.3, -0.25) is 4.90 Å². The minimum atomic E-state index is -0.518. The standard InChI is InChI=1S/C25H34FN7O2/c1-3-28-25(34)30-21-5-4-17(12-20(21)26)23-29-22-14-32(18-6-8-27-9-7-18)13-19(22)24(31-23)33-10-11-35-15-16(33)2/h4-5,12,16,18,27H,3,6-11,13-15H2,1-2H3,(H2,28,30,34). The summed E-state index contributed by atoms with van der Waals surface area (Å²) in [5.41, 5.74) is 2.91. The van der Waals surface area contributed by atoms with Gasteiger partial charge in [0.15, 0.2) is 5.82 Å². The molecule has 0 bridgehead atoms. The molecule has 0 spiro atoms. The Morgan fingerprint density at radius 2 is 2.09 bits per heavy atom. The number of carbonyl (C=O) groups excluding carboxylic acids is 1. The average molecular weight is 484 g/mol. The maximum atomic E-state index is 14.9. The quantitative estimate of drug-likeness (QED) is 0.602. The van der Waals surface area contributed by atoms with Crippen molar-refractivity contribution in [1.82, 2.24) is 25.5 Å². The minimum Gasteiger partial charge on any atom is -0.377 e. The molecular weight excluding hydrogens is 449 g/mol. The second-order valence-corrected chi connectivity index (χ2v) is 9.48. The van der Waals surface area contributed by atoms with E-state index in [9.17, 15) is 9.18 Å². The Kier molecular flexibility index (Phi) is 7.12. The van der Waals surface area contributed by atoms with Crippen LogP contribution in [0, 0.1) is 5.82 Å². The van der Waals surface area contributed by atoms with Crippen molar-refractivity contribution in [3.05, 3.63) is 35.3 Å². The second kappa shape index (κ2) is 10.4. The molecule has 3 aliphatic rings. The monoisotopic (exact) mass is 483 g/mol. The lowest BCUT2D eigenvalue weighted by atomic mass is 10.1. The van der Waals surface area contributed by atoms with Gasteiger partial charge in [-0.05, 0) is 58.0 Å². The van der Waals surface area contributed by atoms with Crippen LogP contribution >= 0.6 is 0 Å². The van der Waals surface area contributed by atoms with E-state index in [1.54, 1.807) is 12.1 Å². The molecular formula is C25H34FN7O2. The molecule has 10 heteroatoms. The van der Waals surface area contributed by atoms with Gasteiger partial charge in [-0.2, -0.15) is 0 Å². The van der Waals surface area contributed by atoms with E-state index in [1.165, 1.54) is 11.6 Å². The third-order valence-electron chi connectivity index (χ3n) is 7.06. The van der Waals surface area contributed by atoms with Crippen LogP contribution in [0.1, 0.15) is 37.9 Å². The number of piperidine rings is 1. The summed E-state index contributed by atoms with van der Waals surface area (Å²) in [4.78, 5) is 26.5. The van der Waals surface area contributed by atoms with Crippen LogP contribution in [0.15, 0.2) is 18.2 Å². The Balaban J connectivity index is 1.48. The van der Waals surface area contributed by atoms with Crippen LogP contribution in [0.3, 0.4) is 0 Å². The highest BCUT2D eigenvalue weighted by atomic mass is 19.1. The van der Waals surface area contributed by atoms with Gasteiger partial charge in [0, 0.05) is 43.3 Å². The van der Waals surface area contributed by atoms with Crippen LogP contribution < -0.4 is 20.9 Å². The van der Waals surface area contributed by atoms with Gasteiger partial charge in [-0.15, -0.1) is 0 Å². The van der Waals surface area contributed by atoms with Gasteiger partial charge in [-0.25, -0.2) is 19.2 Å². The lowest BCUT2D eigenvalue weighted by molar-refractivity contribution is 0.0983. The van der Waals surface area contributed by atoms with Crippen molar-refractivity contribution < 1.29 is 13.9 Å². The van der Waals surface area contributed by atoms with E-state index in [-0.39, 0.29) is 11.7 Å². The first-order valence-corrected chi connectivity index (χ1v) is 12.6. The summed E-state index contributed by atoms with van der Waals surface area (Å²) in [6, 6.07) is 5.02. The molecule has 4 heterocycles. The number of aromatic nitrogens is 2. The Morgan fingerprint density at radius 3 is 2.83 bits per heavy atom. The third kappa shape index (κ3) is 5.10. The first-order valence-electron chi connectivity index (χ1n) is 12.6. The second-order valence-electron chi connectivity index (χ2n) is 9.48. The summed E-state index contributed by atoms with van der Waals surface area (Å²) in [6.45, 7) is 10.2. The zero-order valence-electron chi connectivity index (χ0n) is 20.4. The number of rotatable bonds is 5. The highest BCUT2D eigenvalue weighted by molar-refractivity contribution is 5.89. The number of nitrogens with one attached hydrogen (secondary N) is 3. The third-order valence-corrected chi connectivity index (χ3v) is 7.06. The van der Waals surface area contributed by atoms with Gasteiger partial charge in [-0.1, -0.05) is 0 Å². The minimum absolute atomic E-state index is 0.125. The van der Waals surface area contributed by atoms with Gasteiger partial charge in [0.05, 0.1) is 30.6 Å². The van der Waals surface area contributed by atoms with Crippen molar-refractivity contribution in [1.29, 1.82) is 0 Å². The van der Waals surface area contributed by atoms with Crippen LogP contribution in [0.2, 0.25) is 0 Å². The summed E-state index contributed by atoms with van der Waals surface area (Å²) in [6.07, 6.45) is 2.26. The zero-order valence-corrected chi connectivity index (χ0v) is 20.4. The number of fused-ring (bicyclic) bond motifs is 1. The van der Waals surface area contributed by atoms with E-state index in [2.05, 4.69) is 32.7 Å². The molecule has 2 fully saturated rings. The normalized spacial score (nSPS) is 21.1. The number of hydrogen-bond acceptors (Lipinski definition) is 7. The first-order chi connectivity index (χ1) is 17.0. The number of nitrogens with zero attached hydrogens (tertiary/aromatic N) is 4. The lowest BCUT2D eigenvalue weighted by Gasteiger charge is -2.35. The predicted octanol–water partition coefficient (Wildman–Crippen LogP) is 2.72. The maximum absolute atomic E-state index is 14.9. The summed E-state index contributed by atoms with van der Waals surface area (Å²) in [5.74, 6) is 0.922. The van der Waals surface area contributed by atoms with Crippen molar-refractivity contribution >= 4 is 17.5 Å². The molecule has 5 rings (SSSR count). The smallest absolute Gasteiger partial charge is 0.319 e. The van der Waals surface area contributed by atoms with Crippen molar-refractivity contribution in [2.75, 3.05) is 49.6 Å². The Hall–Kier alpha value is -2.82. The van der Waals surface area contributed by atoms with Crippen LogP contribution in [-0.4, -0.2) is 72.4 Å². The molecule has 1 aromatic carbocycles. The van der Waals surface area contributed by atoms with Crippen LogP contribution in [0.4, 0.5) is 20.7 Å². The number of amides is 2. The molecule has 0 saturated carbocycles. The van der Waals surface area contributed by atoms with Gasteiger partial charge in [0.2, 0.25) is 0 Å².